The van der Waals surface area contributed by atoms with Crippen LogP contribution < -0.4 is 5.46 Å². The van der Waals surface area contributed by atoms with Crippen LogP contribution in [-0.2, 0) is 9.31 Å². The minimum absolute atomic E-state index is 0.0513. The Morgan fingerprint density at radius 2 is 1.62 bits per heavy atom. The molecule has 0 aliphatic carbocycles. The third kappa shape index (κ3) is 3.14. The summed E-state index contributed by atoms with van der Waals surface area (Å²) in [4.78, 5) is 23.3. The van der Waals surface area contributed by atoms with Crippen molar-refractivity contribution >= 4 is 29.6 Å². The molecule has 3 aromatic rings. The first-order valence-corrected chi connectivity index (χ1v) is 9.35. The monoisotopic (exact) mass is 392 g/mol. The third-order valence-corrected chi connectivity index (χ3v) is 5.80. The fourth-order valence-corrected chi connectivity index (χ4v) is 3.40. The number of carbonyl (C=O) groups excluding carboxylic acids is 1. The van der Waals surface area contributed by atoms with Crippen molar-refractivity contribution in [2.45, 2.75) is 38.9 Å². The van der Waals surface area contributed by atoms with Gasteiger partial charge in [0, 0.05) is 34.9 Å². The number of nitro groups is 1. The molecule has 4 rings (SSSR count). The molecule has 0 N–H and O–H groups in total. The summed E-state index contributed by atoms with van der Waals surface area (Å²) in [6.45, 7) is 7.98. The standard InChI is InChI=1S/C21H21BN2O5/c1-20(2)21(3,4)29-22(28-20)16-6-5-13-23-17(16)11-12-18(23)19(25)14-7-9-15(10-8-14)24(26)27/h5-13H,1-4H3. The normalized spacial score (nSPS) is 17.6. The molecule has 1 aromatic carbocycles. The average molecular weight is 392 g/mol. The number of non-ortho nitro benzene ring substituents is 1. The first-order valence-electron chi connectivity index (χ1n) is 9.35. The van der Waals surface area contributed by atoms with Crippen LogP contribution in [0.3, 0.4) is 0 Å². The number of rotatable bonds is 4. The minimum Gasteiger partial charge on any atom is -0.399 e. The maximum absolute atomic E-state index is 13.0. The molecular formula is C21H21BN2O5. The highest BCUT2D eigenvalue weighted by Gasteiger charge is 2.52. The molecule has 1 aliphatic rings. The topological polar surface area (TPSA) is 83.1 Å². The van der Waals surface area contributed by atoms with Crippen molar-refractivity contribution in [1.82, 2.24) is 4.40 Å². The summed E-state index contributed by atoms with van der Waals surface area (Å²) < 4.78 is 14.1. The Kier molecular flexibility index (Phi) is 4.36. The number of hydrogen-bond acceptors (Lipinski definition) is 5. The second kappa shape index (κ2) is 6.54. The molecule has 1 saturated heterocycles. The van der Waals surface area contributed by atoms with E-state index in [9.17, 15) is 14.9 Å². The number of fused-ring (bicyclic) bond motifs is 1. The van der Waals surface area contributed by atoms with Gasteiger partial charge in [-0.1, -0.05) is 6.07 Å². The number of hydrogen-bond donors (Lipinski definition) is 0. The highest BCUT2D eigenvalue weighted by Crippen LogP contribution is 2.36. The Hall–Kier alpha value is -2.97. The van der Waals surface area contributed by atoms with Crippen molar-refractivity contribution < 1.29 is 19.0 Å². The van der Waals surface area contributed by atoms with E-state index < -0.39 is 23.2 Å². The molecule has 8 heteroatoms. The summed E-state index contributed by atoms with van der Waals surface area (Å²) in [6, 6.07) is 13.0. The molecule has 0 bridgehead atoms. The van der Waals surface area contributed by atoms with Gasteiger partial charge in [-0.05, 0) is 58.0 Å². The molecular weight excluding hydrogens is 371 g/mol. The first-order chi connectivity index (χ1) is 13.6. The van der Waals surface area contributed by atoms with Gasteiger partial charge < -0.3 is 13.7 Å². The van der Waals surface area contributed by atoms with Crippen LogP contribution >= 0.6 is 0 Å². The Balaban J connectivity index is 1.71. The van der Waals surface area contributed by atoms with Gasteiger partial charge in [0.15, 0.2) is 0 Å². The van der Waals surface area contributed by atoms with E-state index in [1.165, 1.54) is 24.3 Å². The molecule has 0 radical (unpaired) electrons. The first kappa shape index (κ1) is 19.4. The summed E-state index contributed by atoms with van der Waals surface area (Å²) in [5.41, 5.74) is 1.53. The average Bonchev–Trinajstić information content (AvgIpc) is 3.19. The molecule has 0 spiro atoms. The SMILES string of the molecule is CC1(C)OB(c2cccn3c(C(=O)c4ccc([N+](=O)[O-])cc4)ccc23)OC1(C)C. The maximum Gasteiger partial charge on any atom is 0.496 e. The second-order valence-electron chi connectivity index (χ2n) is 8.16. The lowest BCUT2D eigenvalue weighted by molar-refractivity contribution is -0.384. The van der Waals surface area contributed by atoms with Crippen molar-refractivity contribution in [2.24, 2.45) is 0 Å². The third-order valence-electron chi connectivity index (χ3n) is 5.80. The van der Waals surface area contributed by atoms with Gasteiger partial charge in [0.1, 0.15) is 0 Å². The zero-order chi connectivity index (χ0) is 21.0. The summed E-state index contributed by atoms with van der Waals surface area (Å²) in [6.07, 6.45) is 1.81. The van der Waals surface area contributed by atoms with E-state index in [0.717, 1.165) is 11.0 Å². The van der Waals surface area contributed by atoms with E-state index in [1.54, 1.807) is 10.5 Å². The summed E-state index contributed by atoms with van der Waals surface area (Å²) in [5.74, 6) is -0.217. The second-order valence-corrected chi connectivity index (χ2v) is 8.16. The van der Waals surface area contributed by atoms with Gasteiger partial charge in [0.25, 0.3) is 5.69 Å². The van der Waals surface area contributed by atoms with E-state index in [2.05, 4.69) is 0 Å². The predicted octanol–water partition coefficient (Wildman–Crippen LogP) is 3.38. The molecule has 148 valence electrons. The van der Waals surface area contributed by atoms with E-state index in [4.69, 9.17) is 9.31 Å². The molecule has 1 aliphatic heterocycles. The summed E-state index contributed by atoms with van der Waals surface area (Å²) in [5, 5.41) is 10.8. The fraction of sp³-hybridized carbons (Fsp3) is 0.286. The zero-order valence-corrected chi connectivity index (χ0v) is 16.7. The smallest absolute Gasteiger partial charge is 0.399 e. The van der Waals surface area contributed by atoms with E-state index in [1.807, 2.05) is 52.1 Å². The van der Waals surface area contributed by atoms with Crippen molar-refractivity contribution in [3.8, 4) is 0 Å². The lowest BCUT2D eigenvalue weighted by Gasteiger charge is -2.32. The molecule has 2 aromatic heterocycles. The molecule has 0 amide bonds. The lowest BCUT2D eigenvalue weighted by atomic mass is 9.79. The van der Waals surface area contributed by atoms with Crippen molar-refractivity contribution in [3.05, 3.63) is 76.1 Å². The number of benzene rings is 1. The molecule has 7 nitrogen and oxygen atoms in total. The Labute approximate surface area is 168 Å². The van der Waals surface area contributed by atoms with Crippen LogP contribution in [-0.4, -0.2) is 33.4 Å². The van der Waals surface area contributed by atoms with Gasteiger partial charge in [0.05, 0.1) is 21.8 Å². The molecule has 29 heavy (non-hydrogen) atoms. The zero-order valence-electron chi connectivity index (χ0n) is 16.7. The van der Waals surface area contributed by atoms with E-state index in [0.29, 0.717) is 11.3 Å². The van der Waals surface area contributed by atoms with Crippen molar-refractivity contribution in [3.63, 3.8) is 0 Å². The molecule has 1 fully saturated rings. The van der Waals surface area contributed by atoms with Gasteiger partial charge in [-0.3, -0.25) is 14.9 Å². The molecule has 0 saturated carbocycles. The number of aromatic nitrogens is 1. The summed E-state index contributed by atoms with van der Waals surface area (Å²) in [7, 11) is -0.541. The van der Waals surface area contributed by atoms with Crippen LogP contribution in [0, 0.1) is 10.1 Å². The van der Waals surface area contributed by atoms with Gasteiger partial charge in [0.2, 0.25) is 5.78 Å². The van der Waals surface area contributed by atoms with Crippen LogP contribution in [0.2, 0.25) is 0 Å². The number of nitrogens with zero attached hydrogens (tertiary/aromatic N) is 2. The Morgan fingerprint density at radius 1 is 1.00 bits per heavy atom. The van der Waals surface area contributed by atoms with Crippen LogP contribution in [0.5, 0.6) is 0 Å². The van der Waals surface area contributed by atoms with Crippen LogP contribution in [0.4, 0.5) is 5.69 Å². The largest absolute Gasteiger partial charge is 0.496 e. The predicted molar refractivity (Wildman–Crippen MR) is 110 cm³/mol. The Bertz CT molecular complexity index is 1100. The Morgan fingerprint density at radius 3 is 2.21 bits per heavy atom. The molecule has 3 heterocycles. The minimum atomic E-state index is -0.541. The van der Waals surface area contributed by atoms with Crippen molar-refractivity contribution in [1.29, 1.82) is 0 Å². The highest BCUT2D eigenvalue weighted by atomic mass is 16.7. The number of pyridine rings is 1. The number of carbonyl (C=O) groups is 1. The van der Waals surface area contributed by atoms with Crippen LogP contribution in [0.15, 0.2) is 54.7 Å². The van der Waals surface area contributed by atoms with E-state index in [-0.39, 0.29) is 11.5 Å². The molecule has 0 unspecified atom stereocenters. The van der Waals surface area contributed by atoms with Gasteiger partial charge in [-0.2, -0.15) is 0 Å². The van der Waals surface area contributed by atoms with Crippen molar-refractivity contribution in [2.75, 3.05) is 0 Å². The van der Waals surface area contributed by atoms with Crippen LogP contribution in [0.1, 0.15) is 43.7 Å². The van der Waals surface area contributed by atoms with Gasteiger partial charge >= 0.3 is 7.12 Å². The lowest BCUT2D eigenvalue weighted by Crippen LogP contribution is -2.41. The summed E-state index contributed by atoms with van der Waals surface area (Å²) >= 11 is 0. The quantitative estimate of drug-likeness (QED) is 0.294. The maximum atomic E-state index is 13.0. The van der Waals surface area contributed by atoms with Crippen LogP contribution in [0.25, 0.3) is 5.52 Å². The highest BCUT2D eigenvalue weighted by molar-refractivity contribution is 6.64. The number of nitro benzene ring substituents is 1. The van der Waals surface area contributed by atoms with E-state index >= 15 is 0 Å². The van der Waals surface area contributed by atoms with Gasteiger partial charge in [-0.25, -0.2) is 0 Å². The number of ketones is 1. The fourth-order valence-electron chi connectivity index (χ4n) is 3.40. The van der Waals surface area contributed by atoms with Gasteiger partial charge in [-0.15, -0.1) is 0 Å². The molecule has 0 atom stereocenters.